The fraction of sp³-hybridized carbons (Fsp3) is 0.308. The molecule has 3 rings (SSSR count). The van der Waals surface area contributed by atoms with E-state index in [-0.39, 0.29) is 0 Å². The van der Waals surface area contributed by atoms with Gasteiger partial charge in [-0.15, -0.1) is 0 Å². The van der Waals surface area contributed by atoms with Crippen LogP contribution in [0.25, 0.3) is 0 Å². The Balaban J connectivity index is 1.51. The Hall–Kier alpha value is -2.82. The molecule has 0 unspecified atom stereocenters. The van der Waals surface area contributed by atoms with E-state index in [2.05, 4.69) is 72.4 Å². The summed E-state index contributed by atoms with van der Waals surface area (Å²) in [4.78, 5) is 4.64. The third-order valence-corrected chi connectivity index (χ3v) is 5.10. The van der Waals surface area contributed by atoms with Crippen molar-refractivity contribution in [2.45, 2.75) is 26.2 Å². The molecule has 30 heavy (non-hydrogen) atoms. The van der Waals surface area contributed by atoms with Crippen LogP contribution in [-0.4, -0.2) is 38.1 Å². The Kier molecular flexibility index (Phi) is 7.89. The Morgan fingerprint density at radius 3 is 1.27 bits per heavy atom. The largest absolute Gasteiger partial charge is 0.497 e. The van der Waals surface area contributed by atoms with Crippen LogP contribution >= 0.6 is 0 Å². The normalized spacial score (nSPS) is 11.1. The number of methoxy groups -OCH3 is 2. The average Bonchev–Trinajstić information content (AvgIpc) is 2.75. The van der Waals surface area contributed by atoms with Crippen LogP contribution < -0.4 is 9.47 Å². The summed E-state index contributed by atoms with van der Waals surface area (Å²) in [6.07, 6.45) is 0. The summed E-state index contributed by atoms with van der Waals surface area (Å²) < 4.78 is 10.6. The molecule has 0 heterocycles. The summed E-state index contributed by atoms with van der Waals surface area (Å²) in [5, 5.41) is 0. The average molecular weight is 405 g/mol. The lowest BCUT2D eigenvalue weighted by Crippen LogP contribution is -2.18. The molecule has 4 heteroatoms. The van der Waals surface area contributed by atoms with Crippen LogP contribution in [0, 0.1) is 0 Å². The lowest BCUT2D eigenvalue weighted by molar-refractivity contribution is 0.315. The van der Waals surface area contributed by atoms with Crippen molar-refractivity contribution in [1.82, 2.24) is 9.80 Å². The van der Waals surface area contributed by atoms with Crippen LogP contribution in [0.1, 0.15) is 22.3 Å². The highest BCUT2D eigenvalue weighted by Crippen LogP contribution is 2.17. The van der Waals surface area contributed by atoms with Crippen LogP contribution in [0.5, 0.6) is 11.5 Å². The van der Waals surface area contributed by atoms with Gasteiger partial charge in [0.05, 0.1) is 14.2 Å². The highest BCUT2D eigenvalue weighted by molar-refractivity contribution is 5.29. The Morgan fingerprint density at radius 2 is 0.900 bits per heavy atom. The van der Waals surface area contributed by atoms with E-state index in [0.717, 1.165) is 37.7 Å². The molecule has 0 aromatic heterocycles. The number of ether oxygens (including phenoxy) is 2. The van der Waals surface area contributed by atoms with Gasteiger partial charge in [-0.2, -0.15) is 0 Å². The predicted molar refractivity (Wildman–Crippen MR) is 123 cm³/mol. The van der Waals surface area contributed by atoms with E-state index in [1.165, 1.54) is 22.3 Å². The smallest absolute Gasteiger partial charge is 0.119 e. The third-order valence-electron chi connectivity index (χ3n) is 5.10. The van der Waals surface area contributed by atoms with Crippen molar-refractivity contribution in [3.05, 3.63) is 95.1 Å². The van der Waals surface area contributed by atoms with E-state index >= 15 is 0 Å². The maximum absolute atomic E-state index is 5.32. The van der Waals surface area contributed by atoms with Crippen LogP contribution in [-0.2, 0) is 26.2 Å². The molecule has 158 valence electrons. The van der Waals surface area contributed by atoms with Crippen LogP contribution in [0.15, 0.2) is 72.8 Å². The van der Waals surface area contributed by atoms with Crippen molar-refractivity contribution in [2.24, 2.45) is 0 Å². The van der Waals surface area contributed by atoms with Gasteiger partial charge >= 0.3 is 0 Å². The van der Waals surface area contributed by atoms with Gasteiger partial charge in [-0.1, -0.05) is 48.5 Å². The summed E-state index contributed by atoms with van der Waals surface area (Å²) in [6.45, 7) is 3.61. The minimum Gasteiger partial charge on any atom is -0.497 e. The van der Waals surface area contributed by atoms with Crippen molar-refractivity contribution in [3.63, 3.8) is 0 Å². The molecule has 0 saturated heterocycles. The zero-order valence-electron chi connectivity index (χ0n) is 18.5. The van der Waals surface area contributed by atoms with Gasteiger partial charge in [0.15, 0.2) is 0 Å². The van der Waals surface area contributed by atoms with Gasteiger partial charge in [0.2, 0.25) is 0 Å². The van der Waals surface area contributed by atoms with E-state index in [4.69, 9.17) is 9.47 Å². The standard InChI is InChI=1S/C26H32N2O2/c1-27(19-23-7-5-9-25(15-23)29-3)17-21-11-13-22(14-12-21)18-28(2)20-24-8-6-10-26(16-24)30-4/h5-16H,17-20H2,1-4H3. The molecule has 0 amide bonds. The predicted octanol–water partition coefficient (Wildman–Crippen LogP) is 4.97. The molecule has 0 aliphatic carbocycles. The third kappa shape index (κ3) is 6.61. The van der Waals surface area contributed by atoms with Gasteiger partial charge < -0.3 is 9.47 Å². The highest BCUT2D eigenvalue weighted by Gasteiger charge is 2.06. The molecule has 3 aromatic carbocycles. The summed E-state index contributed by atoms with van der Waals surface area (Å²) in [5.74, 6) is 1.81. The van der Waals surface area contributed by atoms with Gasteiger partial charge in [-0.05, 0) is 60.6 Å². The zero-order chi connectivity index (χ0) is 21.3. The molecule has 0 aliphatic rings. The summed E-state index contributed by atoms with van der Waals surface area (Å²) in [7, 11) is 7.71. The number of rotatable bonds is 10. The molecule has 0 bridgehead atoms. The van der Waals surface area contributed by atoms with Crippen molar-refractivity contribution < 1.29 is 9.47 Å². The molecule has 0 aliphatic heterocycles. The molecule has 0 radical (unpaired) electrons. The molecule has 0 fully saturated rings. The number of nitrogens with zero attached hydrogens (tertiary/aromatic N) is 2. The molecule has 0 saturated carbocycles. The first kappa shape index (κ1) is 21.9. The van der Waals surface area contributed by atoms with Crippen LogP contribution in [0.3, 0.4) is 0 Å². The van der Waals surface area contributed by atoms with E-state index < -0.39 is 0 Å². The van der Waals surface area contributed by atoms with Crippen LogP contribution in [0.2, 0.25) is 0 Å². The maximum Gasteiger partial charge on any atom is 0.119 e. The summed E-state index contributed by atoms with van der Waals surface area (Å²) in [6, 6.07) is 25.4. The monoisotopic (exact) mass is 404 g/mol. The topological polar surface area (TPSA) is 24.9 Å². The fourth-order valence-electron chi connectivity index (χ4n) is 3.65. The second-order valence-corrected chi connectivity index (χ2v) is 7.86. The van der Waals surface area contributed by atoms with E-state index in [9.17, 15) is 0 Å². The minimum absolute atomic E-state index is 0.891. The molecule has 3 aromatic rings. The molecule has 0 atom stereocenters. The first-order valence-electron chi connectivity index (χ1n) is 10.3. The van der Waals surface area contributed by atoms with E-state index in [1.54, 1.807) is 14.2 Å². The Morgan fingerprint density at radius 1 is 0.533 bits per heavy atom. The zero-order valence-corrected chi connectivity index (χ0v) is 18.5. The second-order valence-electron chi connectivity index (χ2n) is 7.86. The summed E-state index contributed by atoms with van der Waals surface area (Å²) >= 11 is 0. The molecular formula is C26H32N2O2. The van der Waals surface area contributed by atoms with Crippen molar-refractivity contribution >= 4 is 0 Å². The van der Waals surface area contributed by atoms with E-state index in [1.807, 2.05) is 24.3 Å². The highest BCUT2D eigenvalue weighted by atomic mass is 16.5. The van der Waals surface area contributed by atoms with Crippen LogP contribution in [0.4, 0.5) is 0 Å². The molecule has 0 N–H and O–H groups in total. The first-order chi connectivity index (χ1) is 14.6. The van der Waals surface area contributed by atoms with Gasteiger partial charge in [0.1, 0.15) is 11.5 Å². The quantitative estimate of drug-likeness (QED) is 0.476. The Labute approximate surface area is 180 Å². The minimum atomic E-state index is 0.891. The molecule has 4 nitrogen and oxygen atoms in total. The fourth-order valence-corrected chi connectivity index (χ4v) is 3.65. The second kappa shape index (κ2) is 10.8. The number of hydrogen-bond acceptors (Lipinski definition) is 4. The van der Waals surface area contributed by atoms with Gasteiger partial charge in [-0.25, -0.2) is 0 Å². The van der Waals surface area contributed by atoms with Gasteiger partial charge in [-0.3, -0.25) is 9.80 Å². The first-order valence-corrected chi connectivity index (χ1v) is 10.3. The number of benzene rings is 3. The maximum atomic E-state index is 5.32. The molecular weight excluding hydrogens is 372 g/mol. The lowest BCUT2D eigenvalue weighted by Gasteiger charge is -2.19. The Bertz CT molecular complexity index is 848. The van der Waals surface area contributed by atoms with E-state index in [0.29, 0.717) is 0 Å². The summed E-state index contributed by atoms with van der Waals surface area (Å²) in [5.41, 5.74) is 5.15. The molecule has 0 spiro atoms. The van der Waals surface area contributed by atoms with Crippen molar-refractivity contribution in [1.29, 1.82) is 0 Å². The van der Waals surface area contributed by atoms with Gasteiger partial charge in [0, 0.05) is 26.2 Å². The SMILES string of the molecule is COc1cccc(CN(C)Cc2ccc(CN(C)Cc3cccc(OC)c3)cc2)c1. The van der Waals surface area contributed by atoms with Gasteiger partial charge in [0.25, 0.3) is 0 Å². The lowest BCUT2D eigenvalue weighted by atomic mass is 10.1. The van der Waals surface area contributed by atoms with Crippen molar-refractivity contribution in [3.8, 4) is 11.5 Å². The van der Waals surface area contributed by atoms with Crippen molar-refractivity contribution in [2.75, 3.05) is 28.3 Å². The number of hydrogen-bond donors (Lipinski definition) is 0.